The Balaban J connectivity index is 3.07. The Morgan fingerprint density at radius 2 is 2.36 bits per heavy atom. The largest absolute Gasteiger partial charge is 0.489 e. The summed E-state index contributed by atoms with van der Waals surface area (Å²) in [4.78, 5) is 10.9. The summed E-state index contributed by atoms with van der Waals surface area (Å²) in [6, 6.07) is 5.14. The second-order valence-electron chi connectivity index (χ2n) is 2.85. The van der Waals surface area contributed by atoms with Crippen molar-refractivity contribution in [3.05, 3.63) is 42.0 Å². The van der Waals surface area contributed by atoms with Crippen molar-refractivity contribution in [3.8, 4) is 5.75 Å². The van der Waals surface area contributed by atoms with Crippen molar-refractivity contribution >= 4 is 5.97 Å². The summed E-state index contributed by atoms with van der Waals surface area (Å²) < 4.78 is 5.23. The van der Waals surface area contributed by atoms with Crippen LogP contribution in [0.4, 0.5) is 0 Å². The zero-order valence-corrected chi connectivity index (χ0v) is 7.99. The normalized spacial score (nSPS) is 9.50. The zero-order chi connectivity index (χ0) is 10.6. The number of hydrogen-bond acceptors (Lipinski definition) is 2. The molecule has 0 heterocycles. The predicted molar refractivity (Wildman–Crippen MR) is 53.8 cm³/mol. The van der Waals surface area contributed by atoms with Crippen LogP contribution < -0.4 is 4.74 Å². The van der Waals surface area contributed by atoms with Gasteiger partial charge in [0.25, 0.3) is 0 Å². The van der Waals surface area contributed by atoms with Crippen molar-refractivity contribution < 1.29 is 14.6 Å². The van der Waals surface area contributed by atoms with E-state index < -0.39 is 5.97 Å². The van der Waals surface area contributed by atoms with E-state index in [0.717, 1.165) is 0 Å². The maximum absolute atomic E-state index is 10.9. The lowest BCUT2D eigenvalue weighted by molar-refractivity contribution is 0.0692. The second kappa shape index (κ2) is 4.46. The molecule has 1 aromatic rings. The van der Waals surface area contributed by atoms with Crippen molar-refractivity contribution in [2.75, 3.05) is 6.61 Å². The van der Waals surface area contributed by atoms with Gasteiger partial charge in [0.1, 0.15) is 17.9 Å². The maximum Gasteiger partial charge on any atom is 0.339 e. The first-order valence-electron chi connectivity index (χ1n) is 4.23. The molecule has 0 saturated carbocycles. The van der Waals surface area contributed by atoms with E-state index in [1.807, 2.05) is 0 Å². The number of carbonyl (C=O) groups is 1. The fraction of sp³-hybridized carbons (Fsp3) is 0.182. The standard InChI is InChI=1S/C11H12O3/c1-3-7-14-9-6-4-5-8(2)10(9)11(12)13/h3-6H,1,7H2,2H3,(H,12,13). The Kier molecular flexibility index (Phi) is 3.29. The Morgan fingerprint density at radius 3 is 2.93 bits per heavy atom. The molecule has 0 aliphatic carbocycles. The number of aryl methyl sites for hydroxylation is 1. The van der Waals surface area contributed by atoms with E-state index >= 15 is 0 Å². The lowest BCUT2D eigenvalue weighted by atomic mass is 10.1. The second-order valence-corrected chi connectivity index (χ2v) is 2.85. The Labute approximate surface area is 82.6 Å². The van der Waals surface area contributed by atoms with E-state index in [1.165, 1.54) is 0 Å². The number of rotatable bonds is 4. The highest BCUT2D eigenvalue weighted by Crippen LogP contribution is 2.21. The number of benzene rings is 1. The van der Waals surface area contributed by atoms with Crippen LogP contribution in [0.2, 0.25) is 0 Å². The van der Waals surface area contributed by atoms with E-state index in [4.69, 9.17) is 9.84 Å². The fourth-order valence-corrected chi connectivity index (χ4v) is 1.18. The lowest BCUT2D eigenvalue weighted by Gasteiger charge is -2.08. The molecule has 3 heteroatoms. The minimum absolute atomic E-state index is 0.217. The summed E-state index contributed by atoms with van der Waals surface area (Å²) in [6.45, 7) is 5.55. The minimum Gasteiger partial charge on any atom is -0.489 e. The molecule has 0 unspecified atom stereocenters. The van der Waals surface area contributed by atoms with Gasteiger partial charge >= 0.3 is 5.97 Å². The quantitative estimate of drug-likeness (QED) is 0.744. The van der Waals surface area contributed by atoms with Crippen LogP contribution in [0.25, 0.3) is 0 Å². The van der Waals surface area contributed by atoms with Crippen molar-refractivity contribution in [2.24, 2.45) is 0 Å². The molecule has 3 nitrogen and oxygen atoms in total. The van der Waals surface area contributed by atoms with Gasteiger partial charge in [-0.2, -0.15) is 0 Å². The van der Waals surface area contributed by atoms with Crippen LogP contribution in [0.5, 0.6) is 5.75 Å². The van der Waals surface area contributed by atoms with Gasteiger partial charge in [-0.05, 0) is 18.6 Å². The van der Waals surface area contributed by atoms with Gasteiger partial charge in [-0.25, -0.2) is 4.79 Å². The van der Waals surface area contributed by atoms with Crippen LogP contribution in [-0.4, -0.2) is 17.7 Å². The molecule has 74 valence electrons. The topological polar surface area (TPSA) is 46.5 Å². The smallest absolute Gasteiger partial charge is 0.339 e. The molecular weight excluding hydrogens is 180 g/mol. The fourth-order valence-electron chi connectivity index (χ4n) is 1.18. The molecular formula is C11H12O3. The van der Waals surface area contributed by atoms with E-state index in [0.29, 0.717) is 17.9 Å². The third-order valence-electron chi connectivity index (χ3n) is 1.81. The van der Waals surface area contributed by atoms with Gasteiger partial charge in [0.15, 0.2) is 0 Å². The Morgan fingerprint density at radius 1 is 1.64 bits per heavy atom. The van der Waals surface area contributed by atoms with Gasteiger partial charge in [-0.1, -0.05) is 24.8 Å². The first-order chi connectivity index (χ1) is 6.66. The van der Waals surface area contributed by atoms with Gasteiger partial charge in [-0.3, -0.25) is 0 Å². The molecule has 0 saturated heterocycles. The molecule has 0 aliphatic heterocycles. The van der Waals surface area contributed by atoms with E-state index in [2.05, 4.69) is 6.58 Å². The highest BCUT2D eigenvalue weighted by Gasteiger charge is 2.13. The minimum atomic E-state index is -0.970. The van der Waals surface area contributed by atoms with Crippen LogP contribution in [0.15, 0.2) is 30.9 Å². The molecule has 0 spiro atoms. The van der Waals surface area contributed by atoms with Crippen LogP contribution in [0.3, 0.4) is 0 Å². The summed E-state index contributed by atoms with van der Waals surface area (Å²) in [5.74, 6) is -0.584. The van der Waals surface area contributed by atoms with Gasteiger partial charge in [0, 0.05) is 0 Å². The number of carboxylic acid groups (broad SMARTS) is 1. The summed E-state index contributed by atoms with van der Waals surface area (Å²) in [6.07, 6.45) is 1.58. The molecule has 1 aromatic carbocycles. The molecule has 0 aromatic heterocycles. The van der Waals surface area contributed by atoms with Crippen LogP contribution in [0, 0.1) is 6.92 Å². The van der Waals surface area contributed by atoms with Crippen molar-refractivity contribution in [1.82, 2.24) is 0 Å². The summed E-state index contributed by atoms with van der Waals surface area (Å²) in [7, 11) is 0. The predicted octanol–water partition coefficient (Wildman–Crippen LogP) is 2.26. The zero-order valence-electron chi connectivity index (χ0n) is 7.99. The third kappa shape index (κ3) is 2.13. The van der Waals surface area contributed by atoms with E-state index in [9.17, 15) is 4.79 Å². The van der Waals surface area contributed by atoms with E-state index in [-0.39, 0.29) is 5.56 Å². The number of hydrogen-bond donors (Lipinski definition) is 1. The monoisotopic (exact) mass is 192 g/mol. The molecule has 0 amide bonds. The number of ether oxygens (including phenoxy) is 1. The Hall–Kier alpha value is -1.77. The number of aromatic carboxylic acids is 1. The number of carboxylic acids is 1. The maximum atomic E-state index is 10.9. The molecule has 14 heavy (non-hydrogen) atoms. The molecule has 0 atom stereocenters. The molecule has 0 fully saturated rings. The highest BCUT2D eigenvalue weighted by atomic mass is 16.5. The van der Waals surface area contributed by atoms with Gasteiger partial charge in [-0.15, -0.1) is 0 Å². The molecule has 0 radical (unpaired) electrons. The summed E-state index contributed by atoms with van der Waals surface area (Å²) in [5, 5.41) is 8.94. The lowest BCUT2D eigenvalue weighted by Crippen LogP contribution is -2.05. The van der Waals surface area contributed by atoms with Crippen molar-refractivity contribution in [2.45, 2.75) is 6.92 Å². The molecule has 0 bridgehead atoms. The average Bonchev–Trinajstić information content (AvgIpc) is 2.14. The van der Waals surface area contributed by atoms with Crippen LogP contribution in [0.1, 0.15) is 15.9 Å². The van der Waals surface area contributed by atoms with Crippen LogP contribution >= 0.6 is 0 Å². The van der Waals surface area contributed by atoms with Crippen LogP contribution in [-0.2, 0) is 0 Å². The van der Waals surface area contributed by atoms with Crippen molar-refractivity contribution in [1.29, 1.82) is 0 Å². The summed E-state index contributed by atoms with van der Waals surface area (Å²) >= 11 is 0. The first kappa shape index (κ1) is 10.3. The molecule has 1 N–H and O–H groups in total. The van der Waals surface area contributed by atoms with E-state index in [1.54, 1.807) is 31.2 Å². The third-order valence-corrected chi connectivity index (χ3v) is 1.81. The molecule has 0 aliphatic rings. The van der Waals surface area contributed by atoms with Crippen molar-refractivity contribution in [3.63, 3.8) is 0 Å². The molecule has 1 rings (SSSR count). The Bertz CT molecular complexity index is 356. The van der Waals surface area contributed by atoms with Gasteiger partial charge in [0.05, 0.1) is 0 Å². The SMILES string of the molecule is C=CCOc1cccc(C)c1C(=O)O. The average molecular weight is 192 g/mol. The van der Waals surface area contributed by atoms with Gasteiger partial charge < -0.3 is 9.84 Å². The summed E-state index contributed by atoms with van der Waals surface area (Å²) in [5.41, 5.74) is 0.911. The van der Waals surface area contributed by atoms with Gasteiger partial charge in [0.2, 0.25) is 0 Å². The first-order valence-corrected chi connectivity index (χ1v) is 4.23. The highest BCUT2D eigenvalue weighted by molar-refractivity contribution is 5.92.